The lowest BCUT2D eigenvalue weighted by atomic mass is 10.1. The Bertz CT molecular complexity index is 963. The van der Waals surface area contributed by atoms with E-state index in [2.05, 4.69) is 20.3 Å². The third-order valence-corrected chi connectivity index (χ3v) is 3.34. The maximum atomic E-state index is 14.0. The summed E-state index contributed by atoms with van der Waals surface area (Å²) in [7, 11) is 0. The third-order valence-electron chi connectivity index (χ3n) is 3.34. The Hall–Kier alpha value is -3.43. The van der Waals surface area contributed by atoms with Gasteiger partial charge in [0.2, 0.25) is 5.95 Å². The molecule has 2 aromatic heterocycles. The van der Waals surface area contributed by atoms with Gasteiger partial charge >= 0.3 is 6.18 Å². The van der Waals surface area contributed by atoms with E-state index in [4.69, 9.17) is 0 Å². The molecule has 0 amide bonds. The van der Waals surface area contributed by atoms with Gasteiger partial charge in [0.1, 0.15) is 11.5 Å². The van der Waals surface area contributed by atoms with E-state index in [0.717, 1.165) is 36.7 Å². The molecule has 0 aliphatic rings. The van der Waals surface area contributed by atoms with Crippen LogP contribution in [-0.4, -0.2) is 25.2 Å². The molecule has 2 heterocycles. The summed E-state index contributed by atoms with van der Waals surface area (Å²) in [5, 5.41) is 21.1. The smallest absolute Gasteiger partial charge is 0.419 e. The predicted octanol–water partition coefficient (Wildman–Crippen LogP) is 3.85. The van der Waals surface area contributed by atoms with Crippen LogP contribution in [0.1, 0.15) is 5.56 Å². The van der Waals surface area contributed by atoms with Crippen LogP contribution in [0.15, 0.2) is 42.7 Å². The van der Waals surface area contributed by atoms with Crippen molar-refractivity contribution in [3.8, 4) is 22.8 Å². The van der Waals surface area contributed by atoms with E-state index < -0.39 is 34.9 Å². The van der Waals surface area contributed by atoms with Crippen LogP contribution in [0.5, 0.6) is 11.5 Å². The van der Waals surface area contributed by atoms with Gasteiger partial charge in [0.25, 0.3) is 0 Å². The molecule has 0 radical (unpaired) electrons. The highest BCUT2D eigenvalue weighted by Crippen LogP contribution is 2.35. The fourth-order valence-corrected chi connectivity index (χ4v) is 2.14. The van der Waals surface area contributed by atoms with Gasteiger partial charge in [-0.05, 0) is 30.3 Å². The highest BCUT2D eigenvalue weighted by Gasteiger charge is 2.34. The number of benzene rings is 1. The molecule has 0 fully saturated rings. The summed E-state index contributed by atoms with van der Waals surface area (Å²) in [6.45, 7) is 0. The summed E-state index contributed by atoms with van der Waals surface area (Å²) in [6, 6.07) is 5.43. The summed E-state index contributed by atoms with van der Waals surface area (Å²) < 4.78 is 53.0. The molecular formula is C16H10F4N4O2. The molecule has 6 nitrogen and oxygen atoms in total. The Balaban J connectivity index is 2.00. The monoisotopic (exact) mass is 366 g/mol. The zero-order valence-electron chi connectivity index (χ0n) is 12.8. The summed E-state index contributed by atoms with van der Waals surface area (Å²) in [5.74, 6) is -2.63. The van der Waals surface area contributed by atoms with E-state index >= 15 is 0 Å². The number of nitrogens with zero attached hydrogens (tertiary/aromatic N) is 3. The molecule has 3 N–H and O–H groups in total. The van der Waals surface area contributed by atoms with E-state index in [-0.39, 0.29) is 17.2 Å². The molecule has 0 saturated carbocycles. The van der Waals surface area contributed by atoms with Gasteiger partial charge in [-0.15, -0.1) is 0 Å². The van der Waals surface area contributed by atoms with Crippen molar-refractivity contribution in [2.75, 3.05) is 5.32 Å². The average Bonchev–Trinajstić information content (AvgIpc) is 2.59. The second kappa shape index (κ2) is 6.47. The van der Waals surface area contributed by atoms with Crippen molar-refractivity contribution in [3.05, 3.63) is 54.1 Å². The zero-order chi connectivity index (χ0) is 18.9. The van der Waals surface area contributed by atoms with Gasteiger partial charge in [-0.3, -0.25) is 0 Å². The van der Waals surface area contributed by atoms with Crippen LogP contribution in [0.25, 0.3) is 11.3 Å². The molecule has 0 aliphatic carbocycles. The minimum absolute atomic E-state index is 0.0975. The van der Waals surface area contributed by atoms with Crippen molar-refractivity contribution in [2.24, 2.45) is 0 Å². The van der Waals surface area contributed by atoms with Gasteiger partial charge in [0.05, 0.1) is 11.8 Å². The number of aromatic hydroxyl groups is 2. The number of pyridine rings is 1. The second-order valence-corrected chi connectivity index (χ2v) is 5.12. The number of aromatic nitrogens is 3. The molecule has 0 aliphatic heterocycles. The first-order valence-electron chi connectivity index (χ1n) is 7.10. The van der Waals surface area contributed by atoms with E-state index in [1.54, 1.807) is 0 Å². The van der Waals surface area contributed by atoms with Gasteiger partial charge in [-0.2, -0.15) is 13.2 Å². The predicted molar refractivity (Wildman–Crippen MR) is 83.3 cm³/mol. The Morgan fingerprint density at radius 2 is 1.77 bits per heavy atom. The molecular weight excluding hydrogens is 356 g/mol. The van der Waals surface area contributed by atoms with Crippen LogP contribution in [0, 0.1) is 5.82 Å². The van der Waals surface area contributed by atoms with Crippen LogP contribution in [0.2, 0.25) is 0 Å². The highest BCUT2D eigenvalue weighted by molar-refractivity contribution is 5.65. The van der Waals surface area contributed by atoms with Gasteiger partial charge < -0.3 is 15.5 Å². The summed E-state index contributed by atoms with van der Waals surface area (Å²) in [6.07, 6.45) is -2.73. The Morgan fingerprint density at radius 3 is 2.46 bits per heavy atom. The van der Waals surface area contributed by atoms with Crippen molar-refractivity contribution in [1.82, 2.24) is 15.0 Å². The molecule has 1 aromatic carbocycles. The van der Waals surface area contributed by atoms with E-state index in [1.807, 2.05) is 0 Å². The molecule has 3 rings (SSSR count). The summed E-state index contributed by atoms with van der Waals surface area (Å²) in [5.41, 5.74) is -1.21. The summed E-state index contributed by atoms with van der Waals surface area (Å²) in [4.78, 5) is 11.1. The minimum atomic E-state index is -4.65. The highest BCUT2D eigenvalue weighted by atomic mass is 19.4. The van der Waals surface area contributed by atoms with Crippen LogP contribution in [0.4, 0.5) is 29.3 Å². The average molecular weight is 366 g/mol. The Morgan fingerprint density at radius 1 is 1.00 bits per heavy atom. The fourth-order valence-electron chi connectivity index (χ4n) is 2.14. The number of hydrogen-bond donors (Lipinski definition) is 3. The number of alkyl halides is 3. The van der Waals surface area contributed by atoms with Crippen molar-refractivity contribution in [3.63, 3.8) is 0 Å². The maximum Gasteiger partial charge on any atom is 0.419 e. The van der Waals surface area contributed by atoms with Crippen molar-refractivity contribution < 1.29 is 27.8 Å². The van der Waals surface area contributed by atoms with E-state index in [9.17, 15) is 27.8 Å². The SMILES string of the molecule is Oc1ccc(-c2nc(Nc3ncccc3C(F)(F)F)ncc2F)cc1O. The van der Waals surface area contributed by atoms with Crippen LogP contribution in [-0.2, 0) is 6.18 Å². The number of anilines is 2. The number of hydrogen-bond acceptors (Lipinski definition) is 6. The zero-order valence-corrected chi connectivity index (χ0v) is 12.8. The number of phenolic OH excluding ortho intramolecular Hbond substituents is 2. The van der Waals surface area contributed by atoms with Crippen LogP contribution >= 0.6 is 0 Å². The minimum Gasteiger partial charge on any atom is -0.504 e. The lowest BCUT2D eigenvalue weighted by Crippen LogP contribution is -2.11. The first-order chi connectivity index (χ1) is 12.3. The molecule has 0 bridgehead atoms. The fraction of sp³-hybridized carbons (Fsp3) is 0.0625. The molecule has 10 heteroatoms. The number of phenols is 2. The quantitative estimate of drug-likeness (QED) is 0.482. The van der Waals surface area contributed by atoms with Gasteiger partial charge in [-0.25, -0.2) is 19.3 Å². The number of nitrogens with one attached hydrogen (secondary N) is 1. The van der Waals surface area contributed by atoms with Gasteiger partial charge in [-0.1, -0.05) is 0 Å². The van der Waals surface area contributed by atoms with E-state index in [0.29, 0.717) is 0 Å². The summed E-state index contributed by atoms with van der Waals surface area (Å²) >= 11 is 0. The first kappa shape index (κ1) is 17.4. The number of rotatable bonds is 3. The largest absolute Gasteiger partial charge is 0.504 e. The van der Waals surface area contributed by atoms with Crippen molar-refractivity contribution in [2.45, 2.75) is 6.18 Å². The normalized spacial score (nSPS) is 11.4. The lowest BCUT2D eigenvalue weighted by molar-refractivity contribution is -0.137. The molecule has 0 spiro atoms. The lowest BCUT2D eigenvalue weighted by Gasteiger charge is -2.13. The van der Waals surface area contributed by atoms with Crippen molar-refractivity contribution in [1.29, 1.82) is 0 Å². The van der Waals surface area contributed by atoms with Crippen molar-refractivity contribution >= 4 is 11.8 Å². The van der Waals surface area contributed by atoms with Gasteiger partial charge in [0, 0.05) is 11.8 Å². The Labute approximate surface area is 143 Å². The number of halogens is 4. The third kappa shape index (κ3) is 3.48. The molecule has 134 valence electrons. The standard InChI is InChI=1S/C16H10F4N4O2/c17-10-7-22-15(23-13(10)8-3-4-11(25)12(26)6-8)24-14-9(16(18,19)20)2-1-5-21-14/h1-7,25-26H,(H,21,22,23,24). The first-order valence-corrected chi connectivity index (χ1v) is 7.10. The van der Waals surface area contributed by atoms with E-state index in [1.165, 1.54) is 6.07 Å². The molecule has 0 unspecified atom stereocenters. The van der Waals surface area contributed by atoms with Gasteiger partial charge in [0.15, 0.2) is 17.3 Å². The van der Waals surface area contributed by atoms with Crippen LogP contribution in [0.3, 0.4) is 0 Å². The molecule has 0 saturated heterocycles. The Kier molecular flexibility index (Phi) is 4.33. The van der Waals surface area contributed by atoms with Crippen LogP contribution < -0.4 is 5.32 Å². The topological polar surface area (TPSA) is 91.2 Å². The second-order valence-electron chi connectivity index (χ2n) is 5.12. The molecule has 26 heavy (non-hydrogen) atoms. The maximum absolute atomic E-state index is 14.0. The molecule has 3 aromatic rings. The molecule has 0 atom stereocenters.